The van der Waals surface area contributed by atoms with Crippen molar-refractivity contribution in [1.29, 1.82) is 0 Å². The maximum Gasteiger partial charge on any atom is 0.257 e. The highest BCUT2D eigenvalue weighted by atomic mass is 32.1. The lowest BCUT2D eigenvalue weighted by molar-refractivity contribution is -0.115. The van der Waals surface area contributed by atoms with Gasteiger partial charge in [0.25, 0.3) is 5.91 Å². The molecule has 0 saturated carbocycles. The van der Waals surface area contributed by atoms with Crippen LogP contribution in [0.3, 0.4) is 0 Å². The van der Waals surface area contributed by atoms with Crippen molar-refractivity contribution in [3.8, 4) is 0 Å². The molecule has 2 heterocycles. The van der Waals surface area contributed by atoms with Crippen LogP contribution in [-0.4, -0.2) is 27.6 Å². The van der Waals surface area contributed by atoms with Gasteiger partial charge in [0.1, 0.15) is 0 Å². The van der Waals surface area contributed by atoms with Gasteiger partial charge in [-0.1, -0.05) is 29.5 Å². The minimum Gasteiger partial charge on any atom is -0.302 e. The number of anilines is 2. The summed E-state index contributed by atoms with van der Waals surface area (Å²) in [4.78, 5) is 45.6. The van der Waals surface area contributed by atoms with Crippen molar-refractivity contribution in [2.24, 2.45) is 0 Å². The number of fused-ring (bicyclic) bond motifs is 1. The third-order valence-electron chi connectivity index (χ3n) is 4.16. The van der Waals surface area contributed by atoms with Gasteiger partial charge in [-0.2, -0.15) is 0 Å². The van der Waals surface area contributed by atoms with Crippen LogP contribution in [0.2, 0.25) is 0 Å². The number of ketones is 1. The zero-order valence-corrected chi connectivity index (χ0v) is 16.4. The van der Waals surface area contributed by atoms with Gasteiger partial charge in [-0.05, 0) is 25.0 Å². The normalized spacial score (nSPS) is 13.1. The van der Waals surface area contributed by atoms with Crippen molar-refractivity contribution < 1.29 is 14.4 Å². The van der Waals surface area contributed by atoms with Gasteiger partial charge in [-0.15, -0.1) is 11.3 Å². The zero-order chi connectivity index (χ0) is 19.5. The first-order valence-electron chi connectivity index (χ1n) is 8.72. The van der Waals surface area contributed by atoms with Crippen LogP contribution < -0.4 is 10.6 Å². The average Bonchev–Trinajstić information content (AvgIpc) is 3.29. The van der Waals surface area contributed by atoms with E-state index in [0.717, 1.165) is 18.5 Å². The molecule has 142 valence electrons. The van der Waals surface area contributed by atoms with Gasteiger partial charge in [0.15, 0.2) is 16.0 Å². The maximum atomic E-state index is 12.3. The van der Waals surface area contributed by atoms with E-state index in [1.54, 1.807) is 29.6 Å². The molecule has 1 aliphatic rings. The highest BCUT2D eigenvalue weighted by Crippen LogP contribution is 2.29. The molecule has 0 fully saturated rings. The largest absolute Gasteiger partial charge is 0.302 e. The van der Waals surface area contributed by atoms with Crippen molar-refractivity contribution in [2.45, 2.75) is 25.7 Å². The molecule has 2 amide bonds. The highest BCUT2D eigenvalue weighted by molar-refractivity contribution is 7.17. The van der Waals surface area contributed by atoms with E-state index in [9.17, 15) is 14.4 Å². The molecule has 0 unspecified atom stereocenters. The summed E-state index contributed by atoms with van der Waals surface area (Å²) in [5.41, 5.74) is 1.87. The Morgan fingerprint density at radius 3 is 2.64 bits per heavy atom. The summed E-state index contributed by atoms with van der Waals surface area (Å²) in [7, 11) is 0. The van der Waals surface area contributed by atoms with Gasteiger partial charge in [0.05, 0.1) is 22.7 Å². The number of Topliss-reactive ketones (excluding diaryl/α,β-unsaturated/α-hetero) is 1. The minimum atomic E-state index is -0.259. The van der Waals surface area contributed by atoms with Crippen LogP contribution in [0.1, 0.15) is 44.3 Å². The SMILES string of the molecule is O=C(Cc1csc(NC(=O)c2ccccc2)n1)Nc1nc2c(s1)C(=O)CCC2. The molecule has 7 nitrogen and oxygen atoms in total. The van der Waals surface area contributed by atoms with Crippen LogP contribution in [0.5, 0.6) is 0 Å². The van der Waals surface area contributed by atoms with Gasteiger partial charge < -0.3 is 5.32 Å². The fourth-order valence-corrected chi connectivity index (χ4v) is 4.56. The van der Waals surface area contributed by atoms with E-state index in [-0.39, 0.29) is 24.0 Å². The van der Waals surface area contributed by atoms with E-state index in [1.807, 2.05) is 6.07 Å². The Balaban J connectivity index is 1.35. The summed E-state index contributed by atoms with van der Waals surface area (Å²) in [6, 6.07) is 8.85. The summed E-state index contributed by atoms with van der Waals surface area (Å²) < 4.78 is 0. The van der Waals surface area contributed by atoms with E-state index in [2.05, 4.69) is 20.6 Å². The van der Waals surface area contributed by atoms with E-state index in [0.29, 0.717) is 32.8 Å². The second-order valence-corrected chi connectivity index (χ2v) is 8.12. The van der Waals surface area contributed by atoms with E-state index in [1.165, 1.54) is 22.7 Å². The monoisotopic (exact) mass is 412 g/mol. The Morgan fingerprint density at radius 1 is 1.04 bits per heavy atom. The summed E-state index contributed by atoms with van der Waals surface area (Å²) in [6.45, 7) is 0. The number of hydrogen-bond donors (Lipinski definition) is 2. The first-order chi connectivity index (χ1) is 13.6. The number of nitrogens with zero attached hydrogens (tertiary/aromatic N) is 2. The molecule has 0 aliphatic heterocycles. The Morgan fingerprint density at radius 2 is 1.86 bits per heavy atom. The molecule has 0 bridgehead atoms. The van der Waals surface area contributed by atoms with Crippen LogP contribution in [-0.2, 0) is 17.6 Å². The second-order valence-electron chi connectivity index (χ2n) is 6.26. The molecule has 9 heteroatoms. The third kappa shape index (κ3) is 4.15. The van der Waals surface area contributed by atoms with Crippen molar-refractivity contribution >= 4 is 50.5 Å². The number of amides is 2. The smallest absolute Gasteiger partial charge is 0.257 e. The van der Waals surface area contributed by atoms with Crippen LogP contribution in [0.25, 0.3) is 0 Å². The van der Waals surface area contributed by atoms with Gasteiger partial charge in [-0.3, -0.25) is 19.7 Å². The fraction of sp³-hybridized carbons (Fsp3) is 0.211. The number of benzene rings is 1. The third-order valence-corrected chi connectivity index (χ3v) is 6.02. The lowest BCUT2D eigenvalue weighted by atomic mass is 10.0. The number of aromatic nitrogens is 2. The predicted octanol–water partition coefficient (Wildman–Crippen LogP) is 3.55. The molecular formula is C19H16N4O3S2. The quantitative estimate of drug-likeness (QED) is 0.667. The first kappa shape index (κ1) is 18.5. The number of thiazole rings is 2. The van der Waals surface area contributed by atoms with Crippen LogP contribution >= 0.6 is 22.7 Å². The maximum absolute atomic E-state index is 12.3. The molecule has 28 heavy (non-hydrogen) atoms. The standard InChI is InChI=1S/C19H16N4O3S2/c24-14-8-4-7-13-16(14)28-19(21-13)22-15(25)9-12-10-27-18(20-12)23-17(26)11-5-2-1-3-6-11/h1-3,5-6,10H,4,7-9H2,(H,20,23,26)(H,21,22,25). The minimum absolute atomic E-state index is 0.0654. The topological polar surface area (TPSA) is 101 Å². The fourth-order valence-electron chi connectivity index (χ4n) is 2.85. The molecular weight excluding hydrogens is 396 g/mol. The Labute approximate surface area is 168 Å². The van der Waals surface area contributed by atoms with E-state index >= 15 is 0 Å². The molecule has 1 aromatic carbocycles. The number of hydrogen-bond acceptors (Lipinski definition) is 7. The number of aryl methyl sites for hydroxylation is 1. The van der Waals surface area contributed by atoms with Crippen LogP contribution in [0.4, 0.5) is 10.3 Å². The summed E-state index contributed by atoms with van der Waals surface area (Å²) >= 11 is 2.49. The molecule has 3 aromatic rings. The molecule has 2 aromatic heterocycles. The Hall–Kier alpha value is -2.91. The molecule has 0 atom stereocenters. The van der Waals surface area contributed by atoms with Crippen LogP contribution in [0.15, 0.2) is 35.7 Å². The summed E-state index contributed by atoms with van der Waals surface area (Å²) in [5.74, 6) is -0.411. The second kappa shape index (κ2) is 7.99. The van der Waals surface area contributed by atoms with Gasteiger partial charge in [0.2, 0.25) is 5.91 Å². The highest BCUT2D eigenvalue weighted by Gasteiger charge is 2.23. The predicted molar refractivity (Wildman–Crippen MR) is 108 cm³/mol. The lowest BCUT2D eigenvalue weighted by Gasteiger charge is -2.05. The van der Waals surface area contributed by atoms with Crippen molar-refractivity contribution in [2.75, 3.05) is 10.6 Å². The number of rotatable bonds is 5. The molecule has 0 saturated heterocycles. The average molecular weight is 412 g/mol. The van der Waals surface area contributed by atoms with Gasteiger partial charge in [0, 0.05) is 17.4 Å². The lowest BCUT2D eigenvalue weighted by Crippen LogP contribution is -2.15. The number of carbonyl (C=O) groups is 3. The summed E-state index contributed by atoms with van der Waals surface area (Å²) in [5, 5.41) is 8.08. The Kier molecular flexibility index (Phi) is 5.27. The molecule has 0 spiro atoms. The Bertz CT molecular complexity index is 1040. The van der Waals surface area contributed by atoms with Gasteiger partial charge in [-0.25, -0.2) is 9.97 Å². The van der Waals surface area contributed by atoms with Crippen molar-refractivity contribution in [3.63, 3.8) is 0 Å². The van der Waals surface area contributed by atoms with E-state index in [4.69, 9.17) is 0 Å². The molecule has 2 N–H and O–H groups in total. The first-order valence-corrected chi connectivity index (χ1v) is 10.4. The van der Waals surface area contributed by atoms with Gasteiger partial charge >= 0.3 is 0 Å². The zero-order valence-electron chi connectivity index (χ0n) is 14.7. The number of carbonyl (C=O) groups excluding carboxylic acids is 3. The summed E-state index contributed by atoms with van der Waals surface area (Å²) in [6.07, 6.45) is 2.18. The van der Waals surface area contributed by atoms with Crippen molar-refractivity contribution in [3.05, 3.63) is 57.5 Å². The molecule has 0 radical (unpaired) electrons. The number of nitrogens with one attached hydrogen (secondary N) is 2. The van der Waals surface area contributed by atoms with Crippen LogP contribution in [0, 0.1) is 0 Å². The molecule has 4 rings (SSSR count). The van der Waals surface area contributed by atoms with E-state index < -0.39 is 0 Å². The van der Waals surface area contributed by atoms with Crippen molar-refractivity contribution in [1.82, 2.24) is 9.97 Å². The molecule has 1 aliphatic carbocycles.